The van der Waals surface area contributed by atoms with Gasteiger partial charge >= 0.3 is 0 Å². The molecule has 1 atom stereocenters. The number of carbonyl (C=O) groups is 2. The number of likely N-dealkylation sites (tertiary alicyclic amines) is 1. The summed E-state index contributed by atoms with van der Waals surface area (Å²) < 4.78 is 5.39. The van der Waals surface area contributed by atoms with E-state index in [1.165, 1.54) is 4.90 Å². The molecule has 7 heteroatoms. The molecular weight excluding hydrogens is 420 g/mol. The van der Waals surface area contributed by atoms with Gasteiger partial charge in [0.25, 0.3) is 11.7 Å². The van der Waals surface area contributed by atoms with E-state index >= 15 is 0 Å². The first-order valence-electron chi connectivity index (χ1n) is 11.3. The monoisotopic (exact) mass is 450 g/mol. The van der Waals surface area contributed by atoms with Crippen LogP contribution in [0.2, 0.25) is 0 Å². The third-order valence-electron chi connectivity index (χ3n) is 6.35. The fourth-order valence-corrected chi connectivity index (χ4v) is 4.58. The number of aliphatic hydroxyl groups excluding tert-OH is 1. The van der Waals surface area contributed by atoms with E-state index < -0.39 is 17.7 Å². The predicted octanol–water partition coefficient (Wildman–Crippen LogP) is 3.15. The first kappa shape index (κ1) is 23.0. The lowest BCUT2D eigenvalue weighted by Crippen LogP contribution is -2.38. The Morgan fingerprint density at radius 1 is 1.06 bits per heavy atom. The average molecular weight is 451 g/mol. The number of phenolic OH excluding ortho intramolecular Hbond substituents is 1. The molecule has 1 amide bonds. The van der Waals surface area contributed by atoms with E-state index in [9.17, 15) is 19.8 Å². The molecule has 0 aliphatic carbocycles. The molecular formula is C26H30N2O5. The van der Waals surface area contributed by atoms with Crippen LogP contribution in [-0.4, -0.2) is 71.1 Å². The van der Waals surface area contributed by atoms with Crippen molar-refractivity contribution in [3.63, 3.8) is 0 Å². The number of aromatic hydroxyl groups is 1. The molecule has 0 radical (unpaired) electrons. The number of morpholine rings is 1. The normalized spacial score (nSPS) is 21.0. The summed E-state index contributed by atoms with van der Waals surface area (Å²) in [6, 6.07) is 11.4. The molecule has 2 aromatic carbocycles. The summed E-state index contributed by atoms with van der Waals surface area (Å²) in [5, 5.41) is 21.3. The minimum Gasteiger partial charge on any atom is -0.508 e. The number of benzene rings is 2. The number of ketones is 1. The highest BCUT2D eigenvalue weighted by Crippen LogP contribution is 2.40. The Kier molecular flexibility index (Phi) is 6.81. The summed E-state index contributed by atoms with van der Waals surface area (Å²) in [7, 11) is 0. The maximum Gasteiger partial charge on any atom is 0.295 e. The topological polar surface area (TPSA) is 90.3 Å². The van der Waals surface area contributed by atoms with E-state index in [1.54, 1.807) is 24.3 Å². The van der Waals surface area contributed by atoms with Gasteiger partial charge in [-0.15, -0.1) is 0 Å². The van der Waals surface area contributed by atoms with E-state index in [0.717, 1.165) is 30.8 Å². The number of hydrogen-bond donors (Lipinski definition) is 2. The lowest BCUT2D eigenvalue weighted by atomic mass is 9.93. The van der Waals surface area contributed by atoms with Crippen molar-refractivity contribution in [3.05, 3.63) is 70.3 Å². The van der Waals surface area contributed by atoms with Crippen molar-refractivity contribution in [3.8, 4) is 5.75 Å². The van der Waals surface area contributed by atoms with Crippen molar-refractivity contribution in [2.24, 2.45) is 0 Å². The van der Waals surface area contributed by atoms with Crippen molar-refractivity contribution in [2.75, 3.05) is 39.4 Å². The van der Waals surface area contributed by atoms with Crippen LogP contribution in [0.25, 0.3) is 5.76 Å². The second-order valence-corrected chi connectivity index (χ2v) is 8.71. The number of rotatable bonds is 6. The number of aryl methyl sites for hydroxylation is 2. The number of ether oxygens (including phenoxy) is 1. The van der Waals surface area contributed by atoms with Crippen LogP contribution in [0.15, 0.2) is 48.0 Å². The molecule has 2 heterocycles. The van der Waals surface area contributed by atoms with Crippen molar-refractivity contribution in [1.82, 2.24) is 9.80 Å². The molecule has 2 aliphatic heterocycles. The molecule has 2 aromatic rings. The maximum absolute atomic E-state index is 13.2. The van der Waals surface area contributed by atoms with Crippen LogP contribution in [0.5, 0.6) is 5.75 Å². The molecule has 33 heavy (non-hydrogen) atoms. The quantitative estimate of drug-likeness (QED) is 0.399. The molecule has 2 N–H and O–H groups in total. The number of amides is 1. The average Bonchev–Trinajstić information content (AvgIpc) is 3.06. The third kappa shape index (κ3) is 4.79. The zero-order chi connectivity index (χ0) is 23.5. The summed E-state index contributed by atoms with van der Waals surface area (Å²) in [5.74, 6) is -1.47. The van der Waals surface area contributed by atoms with Crippen LogP contribution >= 0.6 is 0 Å². The molecule has 2 saturated heterocycles. The van der Waals surface area contributed by atoms with Gasteiger partial charge in [0.05, 0.1) is 24.8 Å². The SMILES string of the molecule is Cc1ccc(C)c(C(O)=C2C(=O)C(=O)N(CCCN3CCOCC3)C2c2cccc(O)c2)c1. The Bertz CT molecular complexity index is 1090. The van der Waals surface area contributed by atoms with Crippen molar-refractivity contribution < 1.29 is 24.5 Å². The smallest absolute Gasteiger partial charge is 0.295 e. The molecule has 174 valence electrons. The summed E-state index contributed by atoms with van der Waals surface area (Å²) in [6.07, 6.45) is 0.686. The number of phenols is 1. The number of hydrogen-bond acceptors (Lipinski definition) is 6. The second kappa shape index (κ2) is 9.77. The Morgan fingerprint density at radius 2 is 1.82 bits per heavy atom. The van der Waals surface area contributed by atoms with E-state index in [0.29, 0.717) is 37.3 Å². The molecule has 2 aliphatic rings. The molecule has 0 saturated carbocycles. The molecule has 7 nitrogen and oxygen atoms in total. The number of aliphatic hydroxyl groups is 1. The lowest BCUT2D eigenvalue weighted by molar-refractivity contribution is -0.140. The Hall–Kier alpha value is -3.16. The van der Waals surface area contributed by atoms with Gasteiger partial charge in [-0.2, -0.15) is 0 Å². The second-order valence-electron chi connectivity index (χ2n) is 8.71. The van der Waals surface area contributed by atoms with Gasteiger partial charge in [-0.05, 0) is 49.6 Å². The number of nitrogens with zero attached hydrogens (tertiary/aromatic N) is 2. The fraction of sp³-hybridized carbons (Fsp3) is 0.385. The zero-order valence-corrected chi connectivity index (χ0v) is 19.1. The molecule has 0 spiro atoms. The lowest BCUT2D eigenvalue weighted by Gasteiger charge is -2.29. The molecule has 0 bridgehead atoms. The Morgan fingerprint density at radius 3 is 2.55 bits per heavy atom. The van der Waals surface area contributed by atoms with Gasteiger partial charge in [-0.25, -0.2) is 0 Å². The van der Waals surface area contributed by atoms with Crippen LogP contribution in [0.4, 0.5) is 0 Å². The Labute approximate surface area is 193 Å². The molecule has 2 fully saturated rings. The van der Waals surface area contributed by atoms with Gasteiger partial charge in [-0.3, -0.25) is 14.5 Å². The van der Waals surface area contributed by atoms with Gasteiger partial charge in [0, 0.05) is 31.7 Å². The zero-order valence-electron chi connectivity index (χ0n) is 19.1. The van der Waals surface area contributed by atoms with Gasteiger partial charge in [0.15, 0.2) is 0 Å². The third-order valence-corrected chi connectivity index (χ3v) is 6.35. The van der Waals surface area contributed by atoms with Crippen LogP contribution in [-0.2, 0) is 14.3 Å². The van der Waals surface area contributed by atoms with Gasteiger partial charge < -0.3 is 19.8 Å². The highest BCUT2D eigenvalue weighted by Gasteiger charge is 2.46. The van der Waals surface area contributed by atoms with Crippen LogP contribution < -0.4 is 0 Å². The van der Waals surface area contributed by atoms with Gasteiger partial charge in [-0.1, -0.05) is 29.8 Å². The molecule has 1 unspecified atom stereocenters. The summed E-state index contributed by atoms with van der Waals surface area (Å²) in [4.78, 5) is 30.1. The highest BCUT2D eigenvalue weighted by atomic mass is 16.5. The first-order chi connectivity index (χ1) is 15.9. The maximum atomic E-state index is 13.2. The van der Waals surface area contributed by atoms with E-state index in [1.807, 2.05) is 32.0 Å². The number of Topliss-reactive ketones (excluding diaryl/α,β-unsaturated/α-hetero) is 1. The van der Waals surface area contributed by atoms with Crippen molar-refractivity contribution >= 4 is 17.4 Å². The highest BCUT2D eigenvalue weighted by molar-refractivity contribution is 6.46. The Balaban J connectivity index is 1.71. The minimum absolute atomic E-state index is 0.0399. The summed E-state index contributed by atoms with van der Waals surface area (Å²) >= 11 is 0. The van der Waals surface area contributed by atoms with Crippen LogP contribution in [0.1, 0.15) is 34.7 Å². The molecule has 0 aromatic heterocycles. The van der Waals surface area contributed by atoms with Gasteiger partial charge in [0.1, 0.15) is 11.5 Å². The van der Waals surface area contributed by atoms with Crippen molar-refractivity contribution in [2.45, 2.75) is 26.3 Å². The summed E-state index contributed by atoms with van der Waals surface area (Å²) in [6.45, 7) is 8.02. The molecule has 4 rings (SSSR count). The summed E-state index contributed by atoms with van der Waals surface area (Å²) in [5.41, 5.74) is 2.94. The van der Waals surface area contributed by atoms with Crippen LogP contribution in [0, 0.1) is 13.8 Å². The van der Waals surface area contributed by atoms with Crippen molar-refractivity contribution in [1.29, 1.82) is 0 Å². The standard InChI is InChI=1S/C26H30N2O5/c1-17-7-8-18(2)21(15-17)24(30)22-23(19-5-3-6-20(29)16-19)28(26(32)25(22)31)10-4-9-27-11-13-33-14-12-27/h3,5-8,15-16,23,29-30H,4,9-14H2,1-2H3. The minimum atomic E-state index is -0.762. The van der Waals surface area contributed by atoms with E-state index in [4.69, 9.17) is 4.74 Å². The van der Waals surface area contributed by atoms with Gasteiger partial charge in [0.2, 0.25) is 0 Å². The first-order valence-corrected chi connectivity index (χ1v) is 11.3. The fourth-order valence-electron chi connectivity index (χ4n) is 4.58. The predicted molar refractivity (Wildman–Crippen MR) is 125 cm³/mol. The van der Waals surface area contributed by atoms with E-state index in [-0.39, 0.29) is 17.1 Å². The van der Waals surface area contributed by atoms with E-state index in [2.05, 4.69) is 4.90 Å². The largest absolute Gasteiger partial charge is 0.508 e. The van der Waals surface area contributed by atoms with Crippen LogP contribution in [0.3, 0.4) is 0 Å². The number of carbonyl (C=O) groups excluding carboxylic acids is 2.